The van der Waals surface area contributed by atoms with Crippen molar-refractivity contribution in [2.45, 2.75) is 0 Å². The number of hydrogen-bond donors (Lipinski definition) is 1. The molecule has 1 aromatic heterocycles. The van der Waals surface area contributed by atoms with Crippen LogP contribution in [-0.4, -0.2) is 0 Å². The van der Waals surface area contributed by atoms with Gasteiger partial charge in [0, 0.05) is 20.5 Å². The maximum absolute atomic E-state index is 5.95. The standard InChI is InChI=1S/C8H5Cl2NS/c9-4-1-5(10)8-6(11)3-12-7(8)2-4/h1-3H,11H2. The third kappa shape index (κ3) is 1.16. The van der Waals surface area contributed by atoms with Gasteiger partial charge in [0.1, 0.15) is 0 Å². The summed E-state index contributed by atoms with van der Waals surface area (Å²) in [5.74, 6) is 0. The molecule has 0 bridgehead atoms. The summed E-state index contributed by atoms with van der Waals surface area (Å²) in [6.07, 6.45) is 0. The lowest BCUT2D eigenvalue weighted by atomic mass is 10.2. The Morgan fingerprint density at radius 2 is 2.00 bits per heavy atom. The van der Waals surface area contributed by atoms with Crippen LogP contribution in [0.25, 0.3) is 10.1 Å². The fourth-order valence-electron chi connectivity index (χ4n) is 1.11. The molecule has 2 rings (SSSR count). The molecule has 0 saturated carbocycles. The first-order valence-corrected chi connectivity index (χ1v) is 4.94. The van der Waals surface area contributed by atoms with Gasteiger partial charge < -0.3 is 5.73 Å². The molecule has 1 aromatic carbocycles. The molecule has 0 radical (unpaired) electrons. The number of nitrogen functional groups attached to an aromatic ring is 1. The molecule has 0 unspecified atom stereocenters. The molecule has 0 aliphatic carbocycles. The smallest absolute Gasteiger partial charge is 0.0528 e. The Bertz CT molecular complexity index is 436. The molecule has 0 spiro atoms. The predicted molar refractivity (Wildman–Crippen MR) is 56.3 cm³/mol. The lowest BCUT2D eigenvalue weighted by Crippen LogP contribution is -1.80. The van der Waals surface area contributed by atoms with Gasteiger partial charge >= 0.3 is 0 Å². The van der Waals surface area contributed by atoms with Crippen molar-refractivity contribution < 1.29 is 0 Å². The Morgan fingerprint density at radius 3 is 2.75 bits per heavy atom. The first kappa shape index (κ1) is 8.17. The first-order valence-electron chi connectivity index (χ1n) is 3.30. The van der Waals surface area contributed by atoms with Crippen molar-refractivity contribution in [2.75, 3.05) is 5.73 Å². The summed E-state index contributed by atoms with van der Waals surface area (Å²) in [6.45, 7) is 0. The van der Waals surface area contributed by atoms with Crippen LogP contribution >= 0.6 is 34.5 Å². The van der Waals surface area contributed by atoms with E-state index in [0.29, 0.717) is 10.0 Å². The van der Waals surface area contributed by atoms with E-state index < -0.39 is 0 Å². The minimum absolute atomic E-state index is 0.622. The van der Waals surface area contributed by atoms with Crippen LogP contribution in [-0.2, 0) is 0 Å². The molecule has 1 heterocycles. The van der Waals surface area contributed by atoms with Gasteiger partial charge in [0.25, 0.3) is 0 Å². The van der Waals surface area contributed by atoms with Gasteiger partial charge in [-0.3, -0.25) is 0 Å². The normalized spacial score (nSPS) is 10.8. The third-order valence-corrected chi connectivity index (χ3v) is 3.08. The molecule has 62 valence electrons. The van der Waals surface area contributed by atoms with Crippen LogP contribution in [0.4, 0.5) is 5.69 Å². The summed E-state index contributed by atoms with van der Waals surface area (Å²) >= 11 is 13.3. The molecule has 0 amide bonds. The molecular weight excluding hydrogens is 213 g/mol. The second kappa shape index (κ2) is 2.80. The average Bonchev–Trinajstić information content (AvgIpc) is 2.31. The zero-order valence-corrected chi connectivity index (χ0v) is 8.30. The van der Waals surface area contributed by atoms with E-state index in [0.717, 1.165) is 15.8 Å². The van der Waals surface area contributed by atoms with E-state index in [1.807, 2.05) is 11.4 Å². The van der Waals surface area contributed by atoms with E-state index in [-0.39, 0.29) is 0 Å². The van der Waals surface area contributed by atoms with Gasteiger partial charge in [0.2, 0.25) is 0 Å². The molecule has 0 aliphatic heterocycles. The second-order valence-electron chi connectivity index (χ2n) is 2.45. The Balaban J connectivity index is 2.93. The molecule has 2 N–H and O–H groups in total. The minimum Gasteiger partial charge on any atom is -0.398 e. The third-order valence-electron chi connectivity index (χ3n) is 1.62. The zero-order chi connectivity index (χ0) is 8.72. The van der Waals surface area contributed by atoms with E-state index in [1.165, 1.54) is 0 Å². The van der Waals surface area contributed by atoms with Gasteiger partial charge in [0.15, 0.2) is 0 Å². The highest BCUT2D eigenvalue weighted by molar-refractivity contribution is 7.18. The number of anilines is 1. The van der Waals surface area contributed by atoms with E-state index in [9.17, 15) is 0 Å². The maximum atomic E-state index is 5.95. The second-order valence-corrected chi connectivity index (χ2v) is 4.21. The first-order chi connectivity index (χ1) is 5.68. The van der Waals surface area contributed by atoms with Gasteiger partial charge in [0.05, 0.1) is 10.7 Å². The maximum Gasteiger partial charge on any atom is 0.0528 e. The highest BCUT2D eigenvalue weighted by atomic mass is 35.5. The monoisotopic (exact) mass is 217 g/mol. The summed E-state index contributed by atoms with van der Waals surface area (Å²) in [4.78, 5) is 0. The summed E-state index contributed by atoms with van der Waals surface area (Å²) in [5, 5.41) is 4.05. The number of nitrogens with two attached hydrogens (primary N) is 1. The van der Waals surface area contributed by atoms with Gasteiger partial charge in [-0.1, -0.05) is 23.2 Å². The Labute approximate surface area is 83.7 Å². The van der Waals surface area contributed by atoms with Crippen molar-refractivity contribution in [3.05, 3.63) is 27.6 Å². The summed E-state index contributed by atoms with van der Waals surface area (Å²) < 4.78 is 1.03. The van der Waals surface area contributed by atoms with E-state index >= 15 is 0 Å². The van der Waals surface area contributed by atoms with Crippen LogP contribution in [0.5, 0.6) is 0 Å². The summed E-state index contributed by atoms with van der Waals surface area (Å²) in [7, 11) is 0. The van der Waals surface area contributed by atoms with Crippen molar-refractivity contribution in [1.82, 2.24) is 0 Å². The van der Waals surface area contributed by atoms with E-state index in [1.54, 1.807) is 17.4 Å². The predicted octanol–water partition coefficient (Wildman–Crippen LogP) is 3.79. The molecular formula is C8H5Cl2NS. The fraction of sp³-hybridized carbons (Fsp3) is 0. The number of fused-ring (bicyclic) bond motifs is 1. The van der Waals surface area contributed by atoms with Crippen molar-refractivity contribution in [2.24, 2.45) is 0 Å². The van der Waals surface area contributed by atoms with Crippen LogP contribution in [0.15, 0.2) is 17.5 Å². The summed E-state index contributed by atoms with van der Waals surface area (Å²) in [5.41, 5.74) is 6.43. The SMILES string of the molecule is Nc1csc2cc(Cl)cc(Cl)c12. The van der Waals surface area contributed by atoms with Gasteiger partial charge in [-0.05, 0) is 12.1 Å². The highest BCUT2D eigenvalue weighted by Crippen LogP contribution is 2.36. The molecule has 12 heavy (non-hydrogen) atoms. The van der Waals surface area contributed by atoms with Crippen LogP contribution in [0, 0.1) is 0 Å². The lowest BCUT2D eigenvalue weighted by molar-refractivity contribution is 1.82. The van der Waals surface area contributed by atoms with Crippen molar-refractivity contribution >= 4 is 50.3 Å². The van der Waals surface area contributed by atoms with Crippen LogP contribution in [0.1, 0.15) is 0 Å². The number of benzene rings is 1. The topological polar surface area (TPSA) is 26.0 Å². The van der Waals surface area contributed by atoms with Crippen LogP contribution in [0.2, 0.25) is 10.0 Å². The number of thiophene rings is 1. The number of halogens is 2. The molecule has 0 atom stereocenters. The number of hydrogen-bond acceptors (Lipinski definition) is 2. The van der Waals surface area contributed by atoms with Crippen LogP contribution < -0.4 is 5.73 Å². The molecule has 2 aromatic rings. The molecule has 4 heteroatoms. The fourth-order valence-corrected chi connectivity index (χ4v) is 2.74. The molecule has 0 fully saturated rings. The Morgan fingerprint density at radius 1 is 1.25 bits per heavy atom. The Hall–Kier alpha value is -0.440. The van der Waals surface area contributed by atoms with Gasteiger partial charge in [-0.25, -0.2) is 0 Å². The van der Waals surface area contributed by atoms with Crippen molar-refractivity contribution in [1.29, 1.82) is 0 Å². The largest absolute Gasteiger partial charge is 0.398 e. The molecule has 1 nitrogen and oxygen atoms in total. The summed E-state index contributed by atoms with van der Waals surface area (Å²) in [6, 6.07) is 3.57. The van der Waals surface area contributed by atoms with Gasteiger partial charge in [-0.2, -0.15) is 0 Å². The Kier molecular flexibility index (Phi) is 1.91. The molecule has 0 aliphatic rings. The zero-order valence-electron chi connectivity index (χ0n) is 5.97. The minimum atomic E-state index is 0.622. The van der Waals surface area contributed by atoms with Crippen molar-refractivity contribution in [3.8, 4) is 0 Å². The average molecular weight is 218 g/mol. The van der Waals surface area contributed by atoms with E-state index in [2.05, 4.69) is 0 Å². The quantitative estimate of drug-likeness (QED) is 0.715. The lowest BCUT2D eigenvalue weighted by Gasteiger charge is -1.96. The van der Waals surface area contributed by atoms with E-state index in [4.69, 9.17) is 28.9 Å². The van der Waals surface area contributed by atoms with Gasteiger partial charge in [-0.15, -0.1) is 11.3 Å². The molecule has 0 saturated heterocycles. The number of rotatable bonds is 0. The highest BCUT2D eigenvalue weighted by Gasteiger charge is 2.06. The van der Waals surface area contributed by atoms with Crippen LogP contribution in [0.3, 0.4) is 0 Å². The van der Waals surface area contributed by atoms with Crippen molar-refractivity contribution in [3.63, 3.8) is 0 Å².